The number of hydrogen-bond donors (Lipinski definition) is 1. The van der Waals surface area contributed by atoms with Gasteiger partial charge in [-0.25, -0.2) is 0 Å². The fourth-order valence-corrected chi connectivity index (χ4v) is 3.03. The second-order valence-corrected chi connectivity index (χ2v) is 5.91. The molecule has 1 N–H and O–H groups in total. The first-order valence-electron chi connectivity index (χ1n) is 6.61. The van der Waals surface area contributed by atoms with Crippen molar-refractivity contribution in [2.24, 2.45) is 0 Å². The lowest BCUT2D eigenvalue weighted by molar-refractivity contribution is -0.123. The minimum Gasteiger partial charge on any atom is -0.502 e. The molecule has 7 heteroatoms. The predicted molar refractivity (Wildman–Crippen MR) is 84.2 cm³/mol. The standard InChI is InChI=1S/C15H17NO5S/c1-8(2)16-14(18)12(22-15(16)19)7-9-5-10(20-3)13(17)11(6-9)21-4/h5-8,17H,1-4H3/b12-7+. The molecule has 1 aliphatic heterocycles. The van der Waals surface area contributed by atoms with Crippen LogP contribution in [0.1, 0.15) is 19.4 Å². The van der Waals surface area contributed by atoms with Gasteiger partial charge < -0.3 is 14.6 Å². The Labute approximate surface area is 132 Å². The number of aromatic hydroxyl groups is 1. The highest BCUT2D eigenvalue weighted by Crippen LogP contribution is 2.39. The first-order valence-corrected chi connectivity index (χ1v) is 7.42. The van der Waals surface area contributed by atoms with Gasteiger partial charge in [0.05, 0.1) is 19.1 Å². The van der Waals surface area contributed by atoms with E-state index in [4.69, 9.17) is 9.47 Å². The highest BCUT2D eigenvalue weighted by atomic mass is 32.2. The van der Waals surface area contributed by atoms with Crippen LogP contribution in [0.4, 0.5) is 4.79 Å². The van der Waals surface area contributed by atoms with Crippen molar-refractivity contribution in [2.45, 2.75) is 19.9 Å². The molecule has 1 aliphatic rings. The third-order valence-corrected chi connectivity index (χ3v) is 4.02. The summed E-state index contributed by atoms with van der Waals surface area (Å²) in [6.45, 7) is 3.57. The summed E-state index contributed by atoms with van der Waals surface area (Å²) in [6.07, 6.45) is 1.58. The minimum absolute atomic E-state index is 0.113. The van der Waals surface area contributed by atoms with Crippen LogP contribution >= 0.6 is 11.8 Å². The molecule has 0 atom stereocenters. The molecule has 0 saturated carbocycles. The van der Waals surface area contributed by atoms with Crippen LogP contribution in [-0.2, 0) is 4.79 Å². The second-order valence-electron chi connectivity index (χ2n) is 4.92. The number of ether oxygens (including phenoxy) is 2. The maximum Gasteiger partial charge on any atom is 0.293 e. The SMILES string of the molecule is COc1cc(/C=C2/SC(=O)N(C(C)C)C2=O)cc(OC)c1O. The number of imide groups is 1. The number of amides is 2. The van der Waals surface area contributed by atoms with E-state index in [2.05, 4.69) is 0 Å². The molecule has 118 valence electrons. The lowest BCUT2D eigenvalue weighted by Crippen LogP contribution is -2.34. The van der Waals surface area contributed by atoms with Crippen molar-refractivity contribution in [3.05, 3.63) is 22.6 Å². The Kier molecular flexibility index (Phi) is 4.65. The summed E-state index contributed by atoms with van der Waals surface area (Å²) in [4.78, 5) is 25.6. The van der Waals surface area contributed by atoms with Crippen molar-refractivity contribution in [3.63, 3.8) is 0 Å². The number of thioether (sulfide) groups is 1. The van der Waals surface area contributed by atoms with Crippen LogP contribution < -0.4 is 9.47 Å². The molecule has 1 saturated heterocycles. The topological polar surface area (TPSA) is 76.1 Å². The van der Waals surface area contributed by atoms with E-state index >= 15 is 0 Å². The van der Waals surface area contributed by atoms with E-state index in [-0.39, 0.29) is 34.4 Å². The highest BCUT2D eigenvalue weighted by molar-refractivity contribution is 8.18. The first kappa shape index (κ1) is 16.2. The van der Waals surface area contributed by atoms with Gasteiger partial charge in [0, 0.05) is 6.04 Å². The van der Waals surface area contributed by atoms with Crippen molar-refractivity contribution in [1.29, 1.82) is 0 Å². The minimum atomic E-state index is -0.323. The largest absolute Gasteiger partial charge is 0.502 e. The van der Waals surface area contributed by atoms with Crippen molar-refractivity contribution < 1.29 is 24.2 Å². The van der Waals surface area contributed by atoms with E-state index in [0.717, 1.165) is 11.8 Å². The third-order valence-electron chi connectivity index (χ3n) is 3.14. The Morgan fingerprint density at radius 1 is 1.18 bits per heavy atom. The number of methoxy groups -OCH3 is 2. The number of benzene rings is 1. The van der Waals surface area contributed by atoms with E-state index in [1.165, 1.54) is 19.1 Å². The zero-order valence-electron chi connectivity index (χ0n) is 12.7. The molecule has 0 spiro atoms. The number of hydrogen-bond acceptors (Lipinski definition) is 6. The van der Waals surface area contributed by atoms with Gasteiger partial charge in [0.25, 0.3) is 11.1 Å². The van der Waals surface area contributed by atoms with E-state index in [9.17, 15) is 14.7 Å². The lowest BCUT2D eigenvalue weighted by atomic mass is 10.1. The summed E-state index contributed by atoms with van der Waals surface area (Å²) >= 11 is 0.890. The van der Waals surface area contributed by atoms with Gasteiger partial charge >= 0.3 is 0 Å². The molecule has 0 bridgehead atoms. The van der Waals surface area contributed by atoms with Crippen LogP contribution in [0.15, 0.2) is 17.0 Å². The van der Waals surface area contributed by atoms with Gasteiger partial charge in [-0.2, -0.15) is 0 Å². The smallest absolute Gasteiger partial charge is 0.293 e. The van der Waals surface area contributed by atoms with Crippen LogP contribution in [0.2, 0.25) is 0 Å². The fraction of sp³-hybridized carbons (Fsp3) is 0.333. The summed E-state index contributed by atoms with van der Waals surface area (Å²) in [6, 6.07) is 2.95. The molecule has 1 fully saturated rings. The maximum atomic E-state index is 12.2. The van der Waals surface area contributed by atoms with E-state index in [0.29, 0.717) is 10.5 Å². The molecule has 1 heterocycles. The van der Waals surface area contributed by atoms with Gasteiger partial charge in [0.2, 0.25) is 5.75 Å². The zero-order valence-corrected chi connectivity index (χ0v) is 13.6. The highest BCUT2D eigenvalue weighted by Gasteiger charge is 2.36. The Morgan fingerprint density at radius 3 is 2.14 bits per heavy atom. The van der Waals surface area contributed by atoms with E-state index in [1.54, 1.807) is 32.1 Å². The molecule has 0 aromatic heterocycles. The summed E-state index contributed by atoms with van der Waals surface area (Å²) < 4.78 is 10.1. The van der Waals surface area contributed by atoms with Crippen LogP contribution in [-0.4, -0.2) is 41.4 Å². The quantitative estimate of drug-likeness (QED) is 0.859. The van der Waals surface area contributed by atoms with Crippen molar-refractivity contribution in [2.75, 3.05) is 14.2 Å². The monoisotopic (exact) mass is 323 g/mol. The summed E-state index contributed by atoms with van der Waals surface area (Å²) in [5.74, 6) is 0.0239. The Bertz CT molecular complexity index is 628. The van der Waals surface area contributed by atoms with E-state index in [1.807, 2.05) is 0 Å². The van der Waals surface area contributed by atoms with Gasteiger partial charge in [-0.1, -0.05) is 0 Å². The molecule has 1 aromatic carbocycles. The molecular formula is C15H17NO5S. The van der Waals surface area contributed by atoms with Gasteiger partial charge in [-0.15, -0.1) is 0 Å². The average molecular weight is 323 g/mol. The zero-order chi connectivity index (χ0) is 16.4. The van der Waals surface area contributed by atoms with Gasteiger partial charge in [0.15, 0.2) is 11.5 Å². The number of phenols is 1. The van der Waals surface area contributed by atoms with Crippen molar-refractivity contribution in [3.8, 4) is 17.2 Å². The van der Waals surface area contributed by atoms with Gasteiger partial charge in [0.1, 0.15) is 0 Å². The van der Waals surface area contributed by atoms with Crippen LogP contribution in [0, 0.1) is 0 Å². The first-order chi connectivity index (χ1) is 10.4. The molecule has 0 aliphatic carbocycles. The van der Waals surface area contributed by atoms with Crippen LogP contribution in [0.3, 0.4) is 0 Å². The second kappa shape index (κ2) is 6.31. The summed E-state index contributed by atoms with van der Waals surface area (Å²) in [5.41, 5.74) is 0.598. The number of phenolic OH excluding ortho intramolecular Hbond substituents is 1. The molecular weight excluding hydrogens is 306 g/mol. The van der Waals surface area contributed by atoms with Crippen molar-refractivity contribution in [1.82, 2.24) is 4.90 Å². The molecule has 22 heavy (non-hydrogen) atoms. The maximum absolute atomic E-state index is 12.2. The lowest BCUT2D eigenvalue weighted by Gasteiger charge is -2.16. The van der Waals surface area contributed by atoms with Gasteiger partial charge in [-0.05, 0) is 49.4 Å². The Hall–Kier alpha value is -2.15. The summed E-state index contributed by atoms with van der Waals surface area (Å²) in [5, 5.41) is 9.59. The Balaban J connectivity index is 2.42. The molecule has 1 aromatic rings. The molecule has 2 amide bonds. The molecule has 0 radical (unpaired) electrons. The molecule has 0 unspecified atom stereocenters. The molecule has 6 nitrogen and oxygen atoms in total. The van der Waals surface area contributed by atoms with Crippen LogP contribution in [0.25, 0.3) is 6.08 Å². The third kappa shape index (κ3) is 2.89. The summed E-state index contributed by atoms with van der Waals surface area (Å²) in [7, 11) is 2.84. The van der Waals surface area contributed by atoms with E-state index < -0.39 is 0 Å². The number of rotatable bonds is 4. The average Bonchev–Trinajstić information content (AvgIpc) is 2.74. The Morgan fingerprint density at radius 2 is 1.73 bits per heavy atom. The molecule has 2 rings (SSSR count). The normalized spacial score (nSPS) is 16.8. The van der Waals surface area contributed by atoms with Crippen LogP contribution in [0.5, 0.6) is 17.2 Å². The van der Waals surface area contributed by atoms with Gasteiger partial charge in [-0.3, -0.25) is 14.5 Å². The number of nitrogens with zero attached hydrogens (tertiary/aromatic N) is 1. The fourth-order valence-electron chi connectivity index (χ4n) is 2.07. The number of carbonyl (C=O) groups is 2. The van der Waals surface area contributed by atoms with Crippen molar-refractivity contribution >= 4 is 29.0 Å². The number of carbonyl (C=O) groups excluding carboxylic acids is 2. The predicted octanol–water partition coefficient (Wildman–Crippen LogP) is 2.85.